The highest BCUT2D eigenvalue weighted by Crippen LogP contribution is 2.19. The van der Waals surface area contributed by atoms with Gasteiger partial charge in [-0.1, -0.05) is 6.07 Å². The largest absolute Gasteiger partial charge is 0.390 e. The van der Waals surface area contributed by atoms with Crippen LogP contribution in [-0.4, -0.2) is 32.6 Å². The summed E-state index contributed by atoms with van der Waals surface area (Å²) >= 11 is 0. The molecule has 0 fully saturated rings. The first-order chi connectivity index (χ1) is 8.73. The summed E-state index contributed by atoms with van der Waals surface area (Å²) in [5.74, 6) is -4.72. The maximum absolute atomic E-state index is 13.2. The van der Waals surface area contributed by atoms with Gasteiger partial charge < -0.3 is 5.11 Å². The molecule has 0 atom stereocenters. The average Bonchev–Trinajstić information content (AvgIpc) is 2.36. The summed E-state index contributed by atoms with van der Waals surface area (Å²) < 4.78 is 63.6. The molecule has 0 heterocycles. The Hall–Kier alpha value is -1.63. The lowest BCUT2D eigenvalue weighted by molar-refractivity contribution is -0.0437. The molecular formula is C10H9F3N2O3S. The lowest BCUT2D eigenvalue weighted by Gasteiger charge is -2.14. The van der Waals surface area contributed by atoms with E-state index in [9.17, 15) is 21.6 Å². The van der Waals surface area contributed by atoms with Crippen LogP contribution in [0.4, 0.5) is 13.2 Å². The topological polar surface area (TPSA) is 90.2 Å². The van der Waals surface area contributed by atoms with E-state index in [0.717, 1.165) is 18.2 Å². The lowest BCUT2D eigenvalue weighted by Crippen LogP contribution is -2.39. The van der Waals surface area contributed by atoms with E-state index in [-0.39, 0.29) is 0 Å². The molecule has 0 aliphatic carbocycles. The Labute approximate surface area is 107 Å². The van der Waals surface area contributed by atoms with Crippen LogP contribution in [0.5, 0.6) is 0 Å². The third kappa shape index (κ3) is 3.66. The standard InChI is InChI=1S/C10H9F3N2O3S/c11-8-2-1-3-9(7(8)4-14)19(17,18)15-5-10(12,13)6-16/h1-3,15-16H,5-6H2. The fourth-order valence-electron chi connectivity index (χ4n) is 1.17. The van der Waals surface area contributed by atoms with E-state index >= 15 is 0 Å². The second-order valence-corrected chi connectivity index (χ2v) is 5.30. The molecule has 2 N–H and O–H groups in total. The summed E-state index contributed by atoms with van der Waals surface area (Å²) in [7, 11) is -4.47. The van der Waals surface area contributed by atoms with Crippen LogP contribution in [0.15, 0.2) is 23.1 Å². The van der Waals surface area contributed by atoms with E-state index in [1.807, 2.05) is 0 Å². The van der Waals surface area contributed by atoms with E-state index in [0.29, 0.717) is 0 Å². The Balaban J connectivity index is 3.10. The molecule has 0 radical (unpaired) electrons. The van der Waals surface area contributed by atoms with Crippen LogP contribution in [-0.2, 0) is 10.0 Å². The van der Waals surface area contributed by atoms with Crippen molar-refractivity contribution in [3.63, 3.8) is 0 Å². The van der Waals surface area contributed by atoms with Gasteiger partial charge >= 0.3 is 0 Å². The molecule has 0 saturated carbocycles. The van der Waals surface area contributed by atoms with Gasteiger partial charge in [-0.15, -0.1) is 0 Å². The fraction of sp³-hybridized carbons (Fsp3) is 0.300. The zero-order valence-electron chi connectivity index (χ0n) is 9.40. The van der Waals surface area contributed by atoms with Crippen LogP contribution in [0, 0.1) is 17.1 Å². The maximum Gasteiger partial charge on any atom is 0.283 e. The monoisotopic (exact) mass is 294 g/mol. The van der Waals surface area contributed by atoms with Crippen molar-refractivity contribution < 1.29 is 26.7 Å². The van der Waals surface area contributed by atoms with Gasteiger partial charge in [0.1, 0.15) is 29.0 Å². The molecule has 104 valence electrons. The van der Waals surface area contributed by atoms with Crippen molar-refractivity contribution in [3.05, 3.63) is 29.6 Å². The number of alkyl halides is 2. The second kappa shape index (κ2) is 5.56. The van der Waals surface area contributed by atoms with Crippen molar-refractivity contribution in [3.8, 4) is 6.07 Å². The Morgan fingerprint density at radius 2 is 2.05 bits per heavy atom. The van der Waals surface area contributed by atoms with Crippen LogP contribution in [0.25, 0.3) is 0 Å². The summed E-state index contributed by atoms with van der Waals surface area (Å²) in [5, 5.41) is 17.0. The van der Waals surface area contributed by atoms with Crippen molar-refractivity contribution in [1.29, 1.82) is 5.26 Å². The van der Waals surface area contributed by atoms with Crippen LogP contribution in [0.1, 0.15) is 5.56 Å². The Morgan fingerprint density at radius 1 is 1.42 bits per heavy atom. The summed E-state index contributed by atoms with van der Waals surface area (Å²) in [5.41, 5.74) is -0.762. The number of benzene rings is 1. The predicted octanol–water partition coefficient (Wildman–Crippen LogP) is 0.603. The number of halogens is 3. The van der Waals surface area contributed by atoms with Gasteiger partial charge in [0.15, 0.2) is 0 Å². The number of aliphatic hydroxyl groups is 1. The first kappa shape index (κ1) is 15.4. The van der Waals surface area contributed by atoms with E-state index in [4.69, 9.17) is 10.4 Å². The highest BCUT2D eigenvalue weighted by molar-refractivity contribution is 7.89. The molecule has 0 unspecified atom stereocenters. The van der Waals surface area contributed by atoms with Crippen molar-refractivity contribution in [2.45, 2.75) is 10.8 Å². The first-order valence-corrected chi connectivity index (χ1v) is 6.39. The highest BCUT2D eigenvalue weighted by atomic mass is 32.2. The summed E-state index contributed by atoms with van der Waals surface area (Å²) in [6.45, 7) is -2.89. The zero-order valence-corrected chi connectivity index (χ0v) is 10.2. The maximum atomic E-state index is 13.2. The Bertz CT molecular complexity index is 611. The molecule has 19 heavy (non-hydrogen) atoms. The van der Waals surface area contributed by atoms with Crippen LogP contribution < -0.4 is 4.72 Å². The number of nitriles is 1. The molecule has 9 heteroatoms. The molecule has 1 rings (SSSR count). The van der Waals surface area contributed by atoms with Crippen LogP contribution in [0.3, 0.4) is 0 Å². The van der Waals surface area contributed by atoms with Crippen LogP contribution >= 0.6 is 0 Å². The summed E-state index contributed by atoms with van der Waals surface area (Å²) in [4.78, 5) is -0.733. The minimum atomic E-state index is -4.47. The molecular weight excluding hydrogens is 285 g/mol. The molecule has 0 amide bonds. The molecule has 1 aromatic carbocycles. The van der Waals surface area contributed by atoms with Crippen molar-refractivity contribution >= 4 is 10.0 Å². The number of aliphatic hydroxyl groups excluding tert-OH is 1. The normalized spacial score (nSPS) is 12.2. The van der Waals surface area contributed by atoms with Gasteiger partial charge in [0.25, 0.3) is 5.92 Å². The third-order valence-electron chi connectivity index (χ3n) is 2.13. The predicted molar refractivity (Wildman–Crippen MR) is 58.3 cm³/mol. The van der Waals surface area contributed by atoms with Crippen molar-refractivity contribution in [1.82, 2.24) is 4.72 Å². The molecule has 1 aromatic rings. The minimum Gasteiger partial charge on any atom is -0.390 e. The second-order valence-electron chi connectivity index (χ2n) is 3.56. The molecule has 0 spiro atoms. The van der Waals surface area contributed by atoms with Crippen molar-refractivity contribution in [2.24, 2.45) is 0 Å². The smallest absolute Gasteiger partial charge is 0.283 e. The van der Waals surface area contributed by atoms with Gasteiger partial charge in [-0.25, -0.2) is 26.3 Å². The highest BCUT2D eigenvalue weighted by Gasteiger charge is 2.31. The SMILES string of the molecule is N#Cc1c(F)cccc1S(=O)(=O)NCC(F)(F)CO. The minimum absolute atomic E-state index is 0.733. The molecule has 0 aliphatic rings. The number of nitrogens with one attached hydrogen (secondary N) is 1. The molecule has 5 nitrogen and oxygen atoms in total. The summed E-state index contributed by atoms with van der Waals surface area (Å²) in [6, 6.07) is 4.18. The fourth-order valence-corrected chi connectivity index (χ4v) is 2.40. The number of hydrogen-bond donors (Lipinski definition) is 2. The third-order valence-corrected chi connectivity index (χ3v) is 3.57. The van der Waals surface area contributed by atoms with Crippen LogP contribution in [0.2, 0.25) is 0 Å². The van der Waals surface area contributed by atoms with Gasteiger partial charge in [-0.2, -0.15) is 5.26 Å². The molecule has 0 bridgehead atoms. The lowest BCUT2D eigenvalue weighted by atomic mass is 10.2. The molecule has 0 aromatic heterocycles. The quantitative estimate of drug-likeness (QED) is 0.832. The average molecular weight is 294 g/mol. The van der Waals surface area contributed by atoms with Gasteiger partial charge in [0, 0.05) is 0 Å². The van der Waals surface area contributed by atoms with Gasteiger partial charge in [0.05, 0.1) is 6.54 Å². The first-order valence-electron chi connectivity index (χ1n) is 4.90. The zero-order chi connectivity index (χ0) is 14.7. The Morgan fingerprint density at radius 3 is 2.58 bits per heavy atom. The van der Waals surface area contributed by atoms with Gasteiger partial charge in [-0.3, -0.25) is 0 Å². The Kier molecular flexibility index (Phi) is 4.52. The number of sulfonamides is 1. The van der Waals surface area contributed by atoms with E-state index in [1.54, 1.807) is 0 Å². The molecule has 0 aliphatic heterocycles. The van der Waals surface area contributed by atoms with Gasteiger partial charge in [-0.05, 0) is 12.1 Å². The van der Waals surface area contributed by atoms with Crippen molar-refractivity contribution in [2.75, 3.05) is 13.2 Å². The van der Waals surface area contributed by atoms with Gasteiger partial charge in [0.2, 0.25) is 10.0 Å². The van der Waals surface area contributed by atoms with E-state index < -0.39 is 45.4 Å². The summed E-state index contributed by atoms with van der Waals surface area (Å²) in [6.07, 6.45) is 0. The van der Waals surface area contributed by atoms with E-state index in [1.165, 1.54) is 10.8 Å². The van der Waals surface area contributed by atoms with E-state index in [2.05, 4.69) is 0 Å². The number of nitrogens with zero attached hydrogens (tertiary/aromatic N) is 1. The number of hydrogen-bond acceptors (Lipinski definition) is 4. The number of rotatable bonds is 5. The molecule has 0 saturated heterocycles.